The summed E-state index contributed by atoms with van der Waals surface area (Å²) >= 11 is 0. The van der Waals surface area contributed by atoms with Gasteiger partial charge < -0.3 is 9.73 Å². The molecule has 1 amide bonds. The van der Waals surface area contributed by atoms with Crippen LogP contribution in [-0.2, 0) is 10.0 Å². The molecule has 0 atom stereocenters. The van der Waals surface area contributed by atoms with Crippen LogP contribution in [0.25, 0.3) is 17.4 Å². The molecule has 4 aromatic rings. The molecule has 0 saturated heterocycles. The van der Waals surface area contributed by atoms with E-state index in [2.05, 4.69) is 15.0 Å². The van der Waals surface area contributed by atoms with Crippen molar-refractivity contribution in [2.75, 3.05) is 10.0 Å². The van der Waals surface area contributed by atoms with Crippen LogP contribution >= 0.6 is 0 Å². The topological polar surface area (TPSA) is 101 Å². The number of nitrogens with one attached hydrogen (secondary N) is 2. The Bertz CT molecular complexity index is 1330. The van der Waals surface area contributed by atoms with Crippen LogP contribution in [-0.4, -0.2) is 19.3 Å². The summed E-state index contributed by atoms with van der Waals surface area (Å²) in [4.78, 5) is 16.5. The fourth-order valence-electron chi connectivity index (χ4n) is 2.93. The van der Waals surface area contributed by atoms with Crippen molar-refractivity contribution >= 4 is 33.4 Å². The van der Waals surface area contributed by atoms with Crippen LogP contribution < -0.4 is 10.0 Å². The number of sulfonamides is 1. The highest BCUT2D eigenvalue weighted by atomic mass is 32.2. The molecular formula is C24H19N3O4S. The second-order valence-electron chi connectivity index (χ2n) is 6.84. The Hall–Kier alpha value is -4.17. The van der Waals surface area contributed by atoms with Crippen LogP contribution in [0.4, 0.5) is 11.4 Å². The van der Waals surface area contributed by atoms with E-state index in [1.165, 1.54) is 24.6 Å². The Morgan fingerprint density at radius 2 is 1.69 bits per heavy atom. The summed E-state index contributed by atoms with van der Waals surface area (Å²) in [5, 5.41) is 3.92. The normalized spacial score (nSPS) is 11.4. The molecule has 0 saturated carbocycles. The summed E-state index contributed by atoms with van der Waals surface area (Å²) in [6.45, 7) is 0. The molecule has 1 heterocycles. The molecule has 7 nitrogen and oxygen atoms in total. The minimum absolute atomic E-state index is 0.321. The van der Waals surface area contributed by atoms with E-state index in [4.69, 9.17) is 4.42 Å². The molecule has 32 heavy (non-hydrogen) atoms. The lowest BCUT2D eigenvalue weighted by Gasteiger charge is -2.08. The van der Waals surface area contributed by atoms with E-state index >= 15 is 0 Å². The van der Waals surface area contributed by atoms with Crippen LogP contribution in [0.3, 0.4) is 0 Å². The van der Waals surface area contributed by atoms with E-state index in [0.717, 1.165) is 16.5 Å². The molecule has 0 spiro atoms. The zero-order valence-corrected chi connectivity index (χ0v) is 17.6. The average Bonchev–Trinajstić information content (AvgIpc) is 3.34. The fraction of sp³-hybridized carbons (Fsp3) is 0. The molecule has 0 fully saturated rings. The van der Waals surface area contributed by atoms with Gasteiger partial charge in [0, 0.05) is 22.5 Å². The predicted molar refractivity (Wildman–Crippen MR) is 124 cm³/mol. The number of anilines is 2. The molecule has 2 N–H and O–H groups in total. The minimum atomic E-state index is -3.69. The first kappa shape index (κ1) is 21.1. The van der Waals surface area contributed by atoms with Crippen molar-refractivity contribution in [2.24, 2.45) is 0 Å². The molecule has 0 aliphatic carbocycles. The Morgan fingerprint density at radius 1 is 0.906 bits per heavy atom. The van der Waals surface area contributed by atoms with Gasteiger partial charge in [0.1, 0.15) is 0 Å². The third-order valence-electron chi connectivity index (χ3n) is 4.48. The average molecular weight is 446 g/mol. The second kappa shape index (κ2) is 9.32. The predicted octanol–water partition coefficient (Wildman–Crippen LogP) is 5.01. The zero-order chi connectivity index (χ0) is 22.4. The van der Waals surface area contributed by atoms with Crippen molar-refractivity contribution in [3.63, 3.8) is 0 Å². The molecular weight excluding hydrogens is 426 g/mol. The second-order valence-corrected chi connectivity index (χ2v) is 8.40. The molecule has 8 heteroatoms. The molecule has 0 radical (unpaired) electrons. The standard InChI is InChI=1S/C24H19N3O4S/c28-24(26-22-8-4-7-20(15-22)23-16-25-17-31-23)19-9-11-21(12-10-19)27-32(29,30)14-13-18-5-2-1-3-6-18/h1-17,27H,(H,26,28)/b14-13+. The summed E-state index contributed by atoms with van der Waals surface area (Å²) in [6.07, 6.45) is 4.45. The van der Waals surface area contributed by atoms with E-state index in [0.29, 0.717) is 22.7 Å². The Kier molecular flexibility index (Phi) is 6.14. The van der Waals surface area contributed by atoms with Crippen molar-refractivity contribution in [1.29, 1.82) is 0 Å². The van der Waals surface area contributed by atoms with Gasteiger partial charge in [-0.2, -0.15) is 0 Å². The lowest BCUT2D eigenvalue weighted by molar-refractivity contribution is 0.102. The smallest absolute Gasteiger partial charge is 0.255 e. The first-order valence-corrected chi connectivity index (χ1v) is 11.2. The highest BCUT2D eigenvalue weighted by Gasteiger charge is 2.10. The maximum Gasteiger partial charge on any atom is 0.255 e. The van der Waals surface area contributed by atoms with Crippen molar-refractivity contribution < 1.29 is 17.6 Å². The van der Waals surface area contributed by atoms with E-state index in [-0.39, 0.29) is 5.91 Å². The maximum absolute atomic E-state index is 12.6. The van der Waals surface area contributed by atoms with Gasteiger partial charge in [-0.3, -0.25) is 9.52 Å². The van der Waals surface area contributed by atoms with Gasteiger partial charge in [-0.25, -0.2) is 13.4 Å². The number of oxazole rings is 1. The number of carbonyl (C=O) groups excluding carboxylic acids is 1. The molecule has 4 rings (SSSR count). The van der Waals surface area contributed by atoms with Crippen LogP contribution in [0, 0.1) is 0 Å². The number of rotatable bonds is 7. The summed E-state index contributed by atoms with van der Waals surface area (Å²) < 4.78 is 32.3. The van der Waals surface area contributed by atoms with Gasteiger partial charge in [-0.1, -0.05) is 42.5 Å². The zero-order valence-electron chi connectivity index (χ0n) is 16.8. The lowest BCUT2D eigenvalue weighted by Crippen LogP contribution is -2.12. The molecule has 160 valence electrons. The molecule has 0 aliphatic heterocycles. The van der Waals surface area contributed by atoms with Gasteiger partial charge in [-0.05, 0) is 48.0 Å². The Morgan fingerprint density at radius 3 is 2.41 bits per heavy atom. The van der Waals surface area contributed by atoms with E-state index < -0.39 is 10.0 Å². The van der Waals surface area contributed by atoms with Crippen molar-refractivity contribution in [3.05, 3.63) is 108 Å². The quantitative estimate of drug-likeness (QED) is 0.417. The van der Waals surface area contributed by atoms with Gasteiger partial charge in [0.2, 0.25) is 0 Å². The Balaban J connectivity index is 1.40. The van der Waals surface area contributed by atoms with Gasteiger partial charge in [0.05, 0.1) is 11.6 Å². The largest absolute Gasteiger partial charge is 0.444 e. The van der Waals surface area contributed by atoms with Crippen molar-refractivity contribution in [2.45, 2.75) is 0 Å². The summed E-state index contributed by atoms with van der Waals surface area (Å²) in [7, 11) is -3.69. The number of hydrogen-bond donors (Lipinski definition) is 2. The summed E-state index contributed by atoms with van der Waals surface area (Å²) in [6, 6.07) is 22.5. The van der Waals surface area contributed by atoms with Gasteiger partial charge >= 0.3 is 0 Å². The third kappa shape index (κ3) is 5.50. The van der Waals surface area contributed by atoms with E-state index in [9.17, 15) is 13.2 Å². The number of nitrogens with zero attached hydrogens (tertiary/aromatic N) is 1. The van der Waals surface area contributed by atoms with Crippen LogP contribution in [0.15, 0.2) is 101 Å². The number of hydrogen-bond acceptors (Lipinski definition) is 5. The molecule has 1 aromatic heterocycles. The lowest BCUT2D eigenvalue weighted by atomic mass is 10.1. The molecule has 0 bridgehead atoms. The highest BCUT2D eigenvalue weighted by Crippen LogP contribution is 2.22. The maximum atomic E-state index is 12.6. The van der Waals surface area contributed by atoms with E-state index in [1.807, 2.05) is 24.3 Å². The van der Waals surface area contributed by atoms with Crippen LogP contribution in [0.5, 0.6) is 0 Å². The number of aromatic nitrogens is 1. The first-order valence-electron chi connectivity index (χ1n) is 9.65. The SMILES string of the molecule is O=C(Nc1cccc(-c2cnco2)c1)c1ccc(NS(=O)(=O)/C=C/c2ccccc2)cc1. The van der Waals surface area contributed by atoms with Gasteiger partial charge in [0.25, 0.3) is 15.9 Å². The number of amides is 1. The first-order chi connectivity index (χ1) is 15.5. The molecule has 0 unspecified atom stereocenters. The van der Waals surface area contributed by atoms with Crippen LogP contribution in [0.1, 0.15) is 15.9 Å². The van der Waals surface area contributed by atoms with Crippen LogP contribution in [0.2, 0.25) is 0 Å². The van der Waals surface area contributed by atoms with Gasteiger partial charge in [0.15, 0.2) is 12.2 Å². The number of carbonyl (C=O) groups is 1. The minimum Gasteiger partial charge on any atom is -0.444 e. The molecule has 3 aromatic carbocycles. The number of benzene rings is 3. The summed E-state index contributed by atoms with van der Waals surface area (Å²) in [5.41, 5.74) is 2.90. The highest BCUT2D eigenvalue weighted by molar-refractivity contribution is 7.95. The van der Waals surface area contributed by atoms with Crippen molar-refractivity contribution in [3.8, 4) is 11.3 Å². The monoisotopic (exact) mass is 445 g/mol. The third-order valence-corrected chi connectivity index (χ3v) is 5.50. The fourth-order valence-corrected chi connectivity index (χ4v) is 3.80. The molecule has 0 aliphatic rings. The van der Waals surface area contributed by atoms with E-state index in [1.54, 1.807) is 48.7 Å². The summed E-state index contributed by atoms with van der Waals surface area (Å²) in [5.74, 6) is 0.275. The van der Waals surface area contributed by atoms with Crippen molar-refractivity contribution in [1.82, 2.24) is 4.98 Å². The Labute approximate surface area is 185 Å². The van der Waals surface area contributed by atoms with Gasteiger partial charge in [-0.15, -0.1) is 0 Å².